The number of aromatic amines is 1. The molecule has 2 aromatic rings. The van der Waals surface area contributed by atoms with Crippen LogP contribution >= 0.6 is 0 Å². The van der Waals surface area contributed by atoms with Gasteiger partial charge in [0.2, 0.25) is 10.0 Å². The van der Waals surface area contributed by atoms with Crippen molar-refractivity contribution in [2.24, 2.45) is 0 Å². The van der Waals surface area contributed by atoms with E-state index >= 15 is 0 Å². The summed E-state index contributed by atoms with van der Waals surface area (Å²) >= 11 is 0. The van der Waals surface area contributed by atoms with Crippen LogP contribution in [0.25, 0.3) is 11.0 Å². The van der Waals surface area contributed by atoms with Crippen molar-refractivity contribution in [1.29, 1.82) is 0 Å². The lowest BCUT2D eigenvalue weighted by Crippen LogP contribution is -2.48. The highest BCUT2D eigenvalue weighted by Crippen LogP contribution is 2.35. The molecule has 9 heteroatoms. The highest BCUT2D eigenvalue weighted by Gasteiger charge is 2.39. The summed E-state index contributed by atoms with van der Waals surface area (Å²) in [5, 5.41) is 26.8. The quantitative estimate of drug-likeness (QED) is 0.719. The van der Waals surface area contributed by atoms with E-state index in [1.54, 1.807) is 6.07 Å². The molecule has 23 heavy (non-hydrogen) atoms. The molecule has 0 bridgehead atoms. The van der Waals surface area contributed by atoms with Crippen LogP contribution in [0, 0.1) is 0 Å². The van der Waals surface area contributed by atoms with E-state index < -0.39 is 22.7 Å². The zero-order valence-electron chi connectivity index (χ0n) is 12.6. The van der Waals surface area contributed by atoms with Crippen LogP contribution in [-0.4, -0.2) is 57.8 Å². The number of allylic oxidation sites excluding steroid dienone is 1. The Bertz CT molecular complexity index is 855. The molecule has 1 aliphatic heterocycles. The largest absolute Gasteiger partial charge is 0.393 e. The van der Waals surface area contributed by atoms with Gasteiger partial charge in [0.1, 0.15) is 6.10 Å². The Balaban J connectivity index is 1.93. The number of hydrogen-bond acceptors (Lipinski definition) is 6. The van der Waals surface area contributed by atoms with Crippen LogP contribution in [0.15, 0.2) is 23.7 Å². The number of nitrogens with one attached hydrogen (secondary N) is 1. The Labute approximate surface area is 133 Å². The smallest absolute Gasteiger partial charge is 0.238 e. The Morgan fingerprint density at radius 2 is 2.26 bits per heavy atom. The molecule has 124 valence electrons. The van der Waals surface area contributed by atoms with Gasteiger partial charge in [-0.1, -0.05) is 6.58 Å². The molecule has 0 aromatic carbocycles. The van der Waals surface area contributed by atoms with Gasteiger partial charge in [0.15, 0.2) is 5.65 Å². The predicted molar refractivity (Wildman–Crippen MR) is 84.0 cm³/mol. The van der Waals surface area contributed by atoms with Gasteiger partial charge in [0.05, 0.1) is 12.3 Å². The molecule has 0 spiro atoms. The number of nitrogens with zero attached hydrogens (tertiary/aromatic N) is 3. The lowest BCUT2D eigenvalue weighted by molar-refractivity contribution is 0.0966. The van der Waals surface area contributed by atoms with Gasteiger partial charge in [-0.25, -0.2) is 13.4 Å². The minimum Gasteiger partial charge on any atom is -0.393 e. The third kappa shape index (κ3) is 2.55. The van der Waals surface area contributed by atoms with Gasteiger partial charge in [-0.15, -0.1) is 0 Å². The van der Waals surface area contributed by atoms with Crippen molar-refractivity contribution in [3.05, 3.63) is 35.0 Å². The average Bonchev–Trinajstić information content (AvgIpc) is 2.88. The Kier molecular flexibility index (Phi) is 3.96. The van der Waals surface area contributed by atoms with Gasteiger partial charge >= 0.3 is 0 Å². The standard InChI is InChI=1S/C14H18N4O4S/c1-8(2)23(21,22)18-5-9(6-18)13-12-10(11(20)7-19)3-4-15-14(12)17-16-13/h3-4,9,11,19-20H,1,5-7H2,2H3,(H,15,16,17)/t11-/m1/s1. The minimum absolute atomic E-state index is 0.0910. The highest BCUT2D eigenvalue weighted by atomic mass is 32.2. The van der Waals surface area contributed by atoms with Gasteiger partial charge in [-0.3, -0.25) is 5.10 Å². The number of aromatic nitrogens is 3. The third-order valence-corrected chi connectivity index (χ3v) is 5.93. The fourth-order valence-electron chi connectivity index (χ4n) is 2.70. The second-order valence-corrected chi connectivity index (χ2v) is 7.82. The first-order valence-electron chi connectivity index (χ1n) is 7.13. The molecule has 0 unspecified atom stereocenters. The molecule has 3 heterocycles. The van der Waals surface area contributed by atoms with E-state index in [2.05, 4.69) is 21.8 Å². The minimum atomic E-state index is -3.45. The first kappa shape index (κ1) is 16.1. The zero-order chi connectivity index (χ0) is 16.8. The second-order valence-electron chi connectivity index (χ2n) is 5.65. The normalized spacial score (nSPS) is 18.0. The summed E-state index contributed by atoms with van der Waals surface area (Å²) in [7, 11) is -3.45. The maximum atomic E-state index is 12.0. The van der Waals surface area contributed by atoms with E-state index in [1.165, 1.54) is 17.4 Å². The first-order chi connectivity index (χ1) is 10.9. The highest BCUT2D eigenvalue weighted by molar-refractivity contribution is 7.93. The van der Waals surface area contributed by atoms with Crippen molar-refractivity contribution >= 4 is 21.1 Å². The topological polar surface area (TPSA) is 119 Å². The van der Waals surface area contributed by atoms with Gasteiger partial charge in [0.25, 0.3) is 0 Å². The molecule has 1 fully saturated rings. The van der Waals surface area contributed by atoms with E-state index in [1.807, 2.05) is 0 Å². The van der Waals surface area contributed by atoms with E-state index in [9.17, 15) is 18.6 Å². The number of rotatable bonds is 5. The summed E-state index contributed by atoms with van der Waals surface area (Å²) < 4.78 is 25.4. The van der Waals surface area contributed by atoms with Crippen LogP contribution in [0.1, 0.15) is 30.2 Å². The summed E-state index contributed by atoms with van der Waals surface area (Å²) in [6.07, 6.45) is 0.490. The molecular weight excluding hydrogens is 320 g/mol. The summed E-state index contributed by atoms with van der Waals surface area (Å²) in [5.41, 5.74) is 1.69. The Hall–Kier alpha value is -1.81. The number of aliphatic hydroxyl groups excluding tert-OH is 2. The van der Waals surface area contributed by atoms with Crippen molar-refractivity contribution in [3.63, 3.8) is 0 Å². The molecule has 8 nitrogen and oxygen atoms in total. The zero-order valence-corrected chi connectivity index (χ0v) is 13.4. The molecule has 0 aliphatic carbocycles. The number of H-pyrrole nitrogens is 1. The third-order valence-electron chi connectivity index (χ3n) is 4.07. The molecule has 0 radical (unpaired) electrons. The van der Waals surface area contributed by atoms with Gasteiger partial charge in [0, 0.05) is 35.5 Å². The molecule has 3 N–H and O–H groups in total. The molecule has 1 saturated heterocycles. The van der Waals surface area contributed by atoms with E-state index in [4.69, 9.17) is 0 Å². The SMILES string of the molecule is C=C(C)S(=O)(=O)N1CC(c2n[nH]c3nccc([C@H](O)CO)c23)C1. The summed E-state index contributed by atoms with van der Waals surface area (Å²) in [4.78, 5) is 4.27. The van der Waals surface area contributed by atoms with Crippen molar-refractivity contribution in [2.45, 2.75) is 18.9 Å². The van der Waals surface area contributed by atoms with Gasteiger partial charge in [-0.2, -0.15) is 9.40 Å². The van der Waals surface area contributed by atoms with Crippen molar-refractivity contribution in [3.8, 4) is 0 Å². The van der Waals surface area contributed by atoms with Crippen molar-refractivity contribution in [1.82, 2.24) is 19.5 Å². The number of pyridine rings is 1. The first-order valence-corrected chi connectivity index (χ1v) is 8.57. The maximum absolute atomic E-state index is 12.0. The average molecular weight is 338 g/mol. The van der Waals surface area contributed by atoms with Crippen LogP contribution < -0.4 is 0 Å². The number of fused-ring (bicyclic) bond motifs is 1. The Morgan fingerprint density at radius 3 is 2.87 bits per heavy atom. The van der Waals surface area contributed by atoms with Gasteiger partial charge in [-0.05, 0) is 18.6 Å². The molecule has 2 aromatic heterocycles. The lowest BCUT2D eigenvalue weighted by Gasteiger charge is -2.37. The second kappa shape index (κ2) is 5.68. The fraction of sp³-hybridized carbons (Fsp3) is 0.429. The summed E-state index contributed by atoms with van der Waals surface area (Å²) in [6.45, 7) is 5.15. The van der Waals surface area contributed by atoms with Crippen LogP contribution in [0.4, 0.5) is 0 Å². The number of sulfonamides is 1. The number of aliphatic hydroxyl groups is 2. The van der Waals surface area contributed by atoms with Gasteiger partial charge < -0.3 is 10.2 Å². The molecular formula is C14H18N4O4S. The van der Waals surface area contributed by atoms with Crippen LogP contribution in [-0.2, 0) is 10.0 Å². The summed E-state index contributed by atoms with van der Waals surface area (Å²) in [6, 6.07) is 1.63. The van der Waals surface area contributed by atoms with Crippen LogP contribution in [0.5, 0.6) is 0 Å². The van der Waals surface area contributed by atoms with E-state index in [0.29, 0.717) is 35.4 Å². The molecule has 0 amide bonds. The number of hydrogen-bond donors (Lipinski definition) is 3. The monoisotopic (exact) mass is 338 g/mol. The van der Waals surface area contributed by atoms with Crippen LogP contribution in [0.3, 0.4) is 0 Å². The molecule has 1 atom stereocenters. The molecule has 0 saturated carbocycles. The van der Waals surface area contributed by atoms with E-state index in [-0.39, 0.29) is 10.8 Å². The van der Waals surface area contributed by atoms with Crippen molar-refractivity contribution in [2.75, 3.05) is 19.7 Å². The molecule has 3 rings (SSSR count). The fourth-order valence-corrected chi connectivity index (χ4v) is 3.89. The summed E-state index contributed by atoms with van der Waals surface area (Å²) in [5.74, 6) is -0.0910. The lowest BCUT2D eigenvalue weighted by atomic mass is 9.94. The van der Waals surface area contributed by atoms with E-state index in [0.717, 1.165) is 0 Å². The van der Waals surface area contributed by atoms with Crippen LogP contribution in [0.2, 0.25) is 0 Å². The molecule has 1 aliphatic rings. The predicted octanol–water partition coefficient (Wildman–Crippen LogP) is 0.246. The maximum Gasteiger partial charge on any atom is 0.238 e. The Morgan fingerprint density at radius 1 is 1.57 bits per heavy atom. The van der Waals surface area contributed by atoms with Crippen molar-refractivity contribution < 1.29 is 18.6 Å².